The van der Waals surface area contributed by atoms with Crippen LogP contribution in [0.2, 0.25) is 0 Å². The third-order valence-electron chi connectivity index (χ3n) is 4.41. The lowest BCUT2D eigenvalue weighted by molar-refractivity contribution is 0.555. The molecule has 0 nitrogen and oxygen atoms in total. The molecule has 85 valence electrons. The molecule has 0 atom stereocenters. The van der Waals surface area contributed by atoms with E-state index in [0.717, 1.165) is 6.42 Å². The van der Waals surface area contributed by atoms with Crippen LogP contribution in [-0.4, -0.2) is 0 Å². The van der Waals surface area contributed by atoms with Gasteiger partial charge >= 0.3 is 0 Å². The fourth-order valence-electron chi connectivity index (χ4n) is 2.98. The van der Waals surface area contributed by atoms with Gasteiger partial charge in [-0.1, -0.05) is 25.5 Å². The first-order valence-corrected chi connectivity index (χ1v) is 6.05. The summed E-state index contributed by atoms with van der Waals surface area (Å²) in [7, 11) is 0. The summed E-state index contributed by atoms with van der Waals surface area (Å²) in [6.07, 6.45) is 6.71. The molecular formula is C16H21. The number of hydrogen-bond acceptors (Lipinski definition) is 0. The second-order valence-corrected chi connectivity index (χ2v) is 5.50. The van der Waals surface area contributed by atoms with Crippen LogP contribution >= 0.6 is 0 Å². The zero-order valence-corrected chi connectivity index (χ0v) is 11.3. The molecule has 0 aromatic carbocycles. The minimum Gasteiger partial charge on any atom is -0.0722 e. The highest BCUT2D eigenvalue weighted by atomic mass is 14.4. The van der Waals surface area contributed by atoms with E-state index in [1.54, 1.807) is 0 Å². The third-order valence-corrected chi connectivity index (χ3v) is 4.41. The van der Waals surface area contributed by atoms with Crippen LogP contribution in [0.3, 0.4) is 0 Å². The van der Waals surface area contributed by atoms with Crippen LogP contribution in [0.1, 0.15) is 48.0 Å². The van der Waals surface area contributed by atoms with Gasteiger partial charge in [-0.3, -0.25) is 0 Å². The molecule has 1 radical (unpaired) electrons. The zero-order valence-electron chi connectivity index (χ0n) is 11.3. The van der Waals surface area contributed by atoms with Gasteiger partial charge in [0.1, 0.15) is 0 Å². The van der Waals surface area contributed by atoms with E-state index in [1.165, 1.54) is 33.4 Å². The highest BCUT2D eigenvalue weighted by molar-refractivity contribution is 5.63. The van der Waals surface area contributed by atoms with E-state index >= 15 is 0 Å². The maximum Gasteiger partial charge on any atom is 0.0117 e. The first kappa shape index (κ1) is 11.4. The number of hydrogen-bond donors (Lipinski definition) is 0. The average molecular weight is 213 g/mol. The zero-order chi connectivity index (χ0) is 12.1. The Morgan fingerprint density at radius 1 is 1.06 bits per heavy atom. The van der Waals surface area contributed by atoms with Crippen LogP contribution in [0, 0.1) is 11.5 Å². The summed E-state index contributed by atoms with van der Waals surface area (Å²) in [6.45, 7) is 13.6. The van der Waals surface area contributed by atoms with Crippen molar-refractivity contribution in [1.82, 2.24) is 0 Å². The highest BCUT2D eigenvalue weighted by Gasteiger charge is 2.36. The average Bonchev–Trinajstić information content (AvgIpc) is 2.67. The fraction of sp³-hybridized carbons (Fsp3) is 0.500. The lowest BCUT2D eigenvalue weighted by Gasteiger charge is -2.27. The third kappa shape index (κ3) is 1.36. The Bertz CT molecular complexity index is 462. The van der Waals surface area contributed by atoms with Crippen molar-refractivity contribution >= 4 is 0 Å². The normalized spacial score (nSPS) is 24.1. The summed E-state index contributed by atoms with van der Waals surface area (Å²) >= 11 is 0. The van der Waals surface area contributed by atoms with Crippen molar-refractivity contribution in [1.29, 1.82) is 0 Å². The first-order valence-electron chi connectivity index (χ1n) is 6.05. The summed E-state index contributed by atoms with van der Waals surface area (Å²) in [4.78, 5) is 0. The molecule has 0 aromatic heterocycles. The maximum atomic E-state index is 3.41. The predicted molar refractivity (Wildman–Crippen MR) is 70.0 cm³/mol. The summed E-state index contributed by atoms with van der Waals surface area (Å²) in [6, 6.07) is 0. The molecule has 0 bridgehead atoms. The van der Waals surface area contributed by atoms with E-state index in [-0.39, 0.29) is 5.41 Å². The largest absolute Gasteiger partial charge is 0.0722 e. The molecule has 2 aliphatic carbocycles. The highest BCUT2D eigenvalue weighted by Crippen LogP contribution is 2.51. The molecule has 0 saturated carbocycles. The van der Waals surface area contributed by atoms with Crippen molar-refractivity contribution in [2.75, 3.05) is 0 Å². The van der Waals surface area contributed by atoms with Crippen molar-refractivity contribution in [2.24, 2.45) is 5.41 Å². The summed E-state index contributed by atoms with van der Waals surface area (Å²) in [5.41, 5.74) is 8.92. The van der Waals surface area contributed by atoms with Crippen LogP contribution < -0.4 is 0 Å². The molecule has 0 heteroatoms. The molecular weight excluding hydrogens is 192 g/mol. The van der Waals surface area contributed by atoms with Gasteiger partial charge in [-0.05, 0) is 68.1 Å². The Hall–Kier alpha value is -1.04. The monoisotopic (exact) mass is 213 g/mol. The molecule has 0 aliphatic heterocycles. The van der Waals surface area contributed by atoms with Crippen molar-refractivity contribution in [2.45, 2.75) is 48.0 Å². The van der Waals surface area contributed by atoms with Gasteiger partial charge in [-0.2, -0.15) is 0 Å². The Kier molecular flexibility index (Phi) is 2.49. The van der Waals surface area contributed by atoms with E-state index in [2.05, 4.69) is 53.7 Å². The van der Waals surface area contributed by atoms with Gasteiger partial charge in [-0.25, -0.2) is 0 Å². The minimum atomic E-state index is 0.188. The standard InChI is InChI=1S/C16H21/c1-10-8-7-9-14(10)15-12(3)11(2)13(4)16(15,5)6/h9H,7H2,1-6H3. The second-order valence-electron chi connectivity index (χ2n) is 5.50. The van der Waals surface area contributed by atoms with Crippen LogP contribution in [0.4, 0.5) is 0 Å². The van der Waals surface area contributed by atoms with Gasteiger partial charge in [0.15, 0.2) is 0 Å². The summed E-state index contributed by atoms with van der Waals surface area (Å²) < 4.78 is 0. The summed E-state index contributed by atoms with van der Waals surface area (Å²) in [5, 5.41) is 0. The molecule has 0 aromatic rings. The molecule has 0 N–H and O–H groups in total. The maximum absolute atomic E-state index is 3.41. The predicted octanol–water partition coefficient (Wildman–Crippen LogP) is 4.76. The second kappa shape index (κ2) is 3.48. The summed E-state index contributed by atoms with van der Waals surface area (Å²) in [5.74, 6) is 0. The smallest absolute Gasteiger partial charge is 0.0117 e. The Morgan fingerprint density at radius 2 is 1.69 bits per heavy atom. The van der Waals surface area contributed by atoms with E-state index in [9.17, 15) is 0 Å². The van der Waals surface area contributed by atoms with Gasteiger partial charge in [0.05, 0.1) is 0 Å². The molecule has 0 fully saturated rings. The van der Waals surface area contributed by atoms with Gasteiger partial charge in [0, 0.05) is 5.41 Å². The SMILES string of the molecule is CC1=[C]CC=C1C1=C(C)C(C)=C(C)C1(C)C. The topological polar surface area (TPSA) is 0 Å². The van der Waals surface area contributed by atoms with Gasteiger partial charge < -0.3 is 0 Å². The van der Waals surface area contributed by atoms with Crippen molar-refractivity contribution < 1.29 is 0 Å². The molecule has 2 rings (SSSR count). The van der Waals surface area contributed by atoms with Gasteiger partial charge in [0.2, 0.25) is 0 Å². The lowest BCUT2D eigenvalue weighted by Crippen LogP contribution is -2.15. The lowest BCUT2D eigenvalue weighted by atomic mass is 9.76. The molecule has 0 saturated heterocycles. The molecule has 0 unspecified atom stereocenters. The molecule has 16 heavy (non-hydrogen) atoms. The van der Waals surface area contributed by atoms with Crippen molar-refractivity contribution in [3.63, 3.8) is 0 Å². The minimum absolute atomic E-state index is 0.188. The van der Waals surface area contributed by atoms with Crippen LogP contribution in [0.15, 0.2) is 39.5 Å². The van der Waals surface area contributed by atoms with Crippen molar-refractivity contribution in [3.05, 3.63) is 45.6 Å². The molecule has 0 spiro atoms. The number of rotatable bonds is 1. The van der Waals surface area contributed by atoms with E-state index in [0.29, 0.717) is 0 Å². The fourth-order valence-corrected chi connectivity index (χ4v) is 2.98. The molecule has 0 heterocycles. The van der Waals surface area contributed by atoms with Gasteiger partial charge in [0.25, 0.3) is 0 Å². The van der Waals surface area contributed by atoms with Crippen LogP contribution in [0.25, 0.3) is 0 Å². The Balaban J connectivity index is 2.57. The Labute approximate surface area is 99.4 Å². The van der Waals surface area contributed by atoms with Crippen LogP contribution in [0.5, 0.6) is 0 Å². The first-order chi connectivity index (χ1) is 7.37. The van der Waals surface area contributed by atoms with E-state index in [4.69, 9.17) is 0 Å². The van der Waals surface area contributed by atoms with E-state index < -0.39 is 0 Å². The molecule has 2 aliphatic rings. The van der Waals surface area contributed by atoms with E-state index in [1.807, 2.05) is 0 Å². The van der Waals surface area contributed by atoms with Crippen LogP contribution in [-0.2, 0) is 0 Å². The number of allylic oxidation sites excluding steroid dienone is 8. The van der Waals surface area contributed by atoms with Crippen molar-refractivity contribution in [3.8, 4) is 0 Å². The Morgan fingerprint density at radius 3 is 2.06 bits per heavy atom. The quantitative estimate of drug-likeness (QED) is 0.589. The molecule has 0 amide bonds. The van der Waals surface area contributed by atoms with Gasteiger partial charge in [-0.15, -0.1) is 0 Å².